The van der Waals surface area contributed by atoms with Crippen LogP contribution < -0.4 is 4.72 Å². The highest BCUT2D eigenvalue weighted by molar-refractivity contribution is 7.91. The number of carbonyl (C=O) groups excluding carboxylic acids is 1. The van der Waals surface area contributed by atoms with E-state index in [1.807, 2.05) is 0 Å². The molecule has 2 rings (SSSR count). The highest BCUT2D eigenvalue weighted by Crippen LogP contribution is 2.19. The van der Waals surface area contributed by atoms with Crippen molar-refractivity contribution in [3.63, 3.8) is 0 Å². The first-order chi connectivity index (χ1) is 9.91. The van der Waals surface area contributed by atoms with Crippen molar-refractivity contribution in [1.29, 1.82) is 0 Å². The molecule has 8 heteroatoms. The Balaban J connectivity index is 2.23. The molecular formula is C13H14N2O5S. The number of ether oxygens (including phenoxy) is 1. The van der Waals surface area contributed by atoms with Crippen LogP contribution in [0.5, 0.6) is 0 Å². The van der Waals surface area contributed by atoms with Crippen LogP contribution in [-0.4, -0.2) is 26.7 Å². The van der Waals surface area contributed by atoms with Crippen LogP contribution in [0.1, 0.15) is 21.8 Å². The number of esters is 1. The van der Waals surface area contributed by atoms with Gasteiger partial charge in [0.25, 0.3) is 0 Å². The van der Waals surface area contributed by atoms with Crippen LogP contribution >= 0.6 is 0 Å². The molecule has 0 atom stereocenters. The summed E-state index contributed by atoms with van der Waals surface area (Å²) in [5.41, 5.74) is 0.583. The minimum absolute atomic E-state index is 0.139. The molecule has 112 valence electrons. The van der Waals surface area contributed by atoms with Gasteiger partial charge in [0.05, 0.1) is 18.4 Å². The third kappa shape index (κ3) is 3.82. The average Bonchev–Trinajstić information content (AvgIpc) is 2.82. The highest BCUT2D eigenvalue weighted by Gasteiger charge is 2.18. The third-order valence-electron chi connectivity index (χ3n) is 2.61. The lowest BCUT2D eigenvalue weighted by molar-refractivity contribution is 0.0602. The number of aryl methyl sites for hydroxylation is 1. The van der Waals surface area contributed by atoms with Gasteiger partial charge < -0.3 is 9.26 Å². The maximum atomic E-state index is 12.1. The van der Waals surface area contributed by atoms with E-state index in [0.717, 1.165) is 0 Å². The minimum Gasteiger partial charge on any atom is -0.465 e. The molecule has 0 aliphatic heterocycles. The van der Waals surface area contributed by atoms with E-state index in [2.05, 4.69) is 14.6 Å². The fourth-order valence-electron chi connectivity index (χ4n) is 1.74. The Morgan fingerprint density at radius 2 is 2.10 bits per heavy atom. The van der Waals surface area contributed by atoms with Gasteiger partial charge in [0.15, 0.2) is 0 Å². The molecule has 0 aliphatic carbocycles. The number of nitrogens with zero attached hydrogens (tertiary/aromatic N) is 1. The van der Waals surface area contributed by atoms with Gasteiger partial charge in [0.1, 0.15) is 17.2 Å². The van der Waals surface area contributed by atoms with E-state index in [4.69, 9.17) is 4.52 Å². The smallest absolute Gasteiger partial charge is 0.339 e. The van der Waals surface area contributed by atoms with Crippen molar-refractivity contribution in [3.8, 4) is 0 Å². The van der Waals surface area contributed by atoms with Gasteiger partial charge in [-0.3, -0.25) is 4.72 Å². The molecule has 0 aliphatic rings. The molecule has 1 heterocycles. The number of rotatable bonds is 5. The van der Waals surface area contributed by atoms with Crippen molar-refractivity contribution in [3.05, 3.63) is 47.3 Å². The summed E-state index contributed by atoms with van der Waals surface area (Å²) in [5.74, 6) is -0.444. The highest BCUT2D eigenvalue weighted by atomic mass is 32.2. The van der Waals surface area contributed by atoms with E-state index >= 15 is 0 Å². The zero-order valence-corrected chi connectivity index (χ0v) is 12.3. The molecule has 1 N–H and O–H groups in total. The van der Waals surface area contributed by atoms with Gasteiger partial charge in [-0.2, -0.15) is 0 Å². The number of methoxy groups -OCH3 is 1. The van der Waals surface area contributed by atoms with Crippen LogP contribution in [0.4, 0.5) is 5.69 Å². The van der Waals surface area contributed by atoms with Crippen molar-refractivity contribution in [2.75, 3.05) is 11.8 Å². The number of hydrogen-bond donors (Lipinski definition) is 1. The van der Waals surface area contributed by atoms with Crippen molar-refractivity contribution in [1.82, 2.24) is 5.16 Å². The molecule has 1 aromatic heterocycles. The largest absolute Gasteiger partial charge is 0.465 e. The Kier molecular flexibility index (Phi) is 4.27. The number of nitrogens with one attached hydrogen (secondary N) is 1. The molecule has 0 unspecified atom stereocenters. The zero-order chi connectivity index (χ0) is 15.5. The fraction of sp³-hybridized carbons (Fsp3) is 0.231. The summed E-state index contributed by atoms with van der Waals surface area (Å²) >= 11 is 0. The van der Waals surface area contributed by atoms with E-state index in [0.29, 0.717) is 5.76 Å². The Morgan fingerprint density at radius 1 is 1.38 bits per heavy atom. The van der Waals surface area contributed by atoms with Crippen molar-refractivity contribution < 1.29 is 22.5 Å². The first-order valence-electron chi connectivity index (χ1n) is 6.01. The van der Waals surface area contributed by atoms with Gasteiger partial charge in [-0.05, 0) is 19.1 Å². The Hall–Kier alpha value is -2.35. The summed E-state index contributed by atoms with van der Waals surface area (Å²) < 4.78 is 36.0. The van der Waals surface area contributed by atoms with E-state index in [1.54, 1.807) is 19.1 Å². The van der Waals surface area contributed by atoms with E-state index in [-0.39, 0.29) is 22.7 Å². The molecule has 0 radical (unpaired) electrons. The Labute approximate surface area is 121 Å². The topological polar surface area (TPSA) is 98.5 Å². The Bertz CT molecular complexity index is 751. The van der Waals surface area contributed by atoms with Crippen molar-refractivity contribution >= 4 is 21.7 Å². The predicted molar refractivity (Wildman–Crippen MR) is 75.3 cm³/mol. The molecule has 0 spiro atoms. The summed E-state index contributed by atoms with van der Waals surface area (Å²) in [4.78, 5) is 11.6. The number of para-hydroxylation sites is 1. The summed E-state index contributed by atoms with van der Waals surface area (Å²) in [6, 6.07) is 7.73. The van der Waals surface area contributed by atoms with E-state index in [1.165, 1.54) is 25.3 Å². The minimum atomic E-state index is -3.72. The molecule has 1 aromatic carbocycles. The molecular weight excluding hydrogens is 296 g/mol. The first-order valence-corrected chi connectivity index (χ1v) is 7.66. The third-order valence-corrected chi connectivity index (χ3v) is 3.82. The number of anilines is 1. The lowest BCUT2D eigenvalue weighted by Crippen LogP contribution is -2.17. The molecule has 0 saturated heterocycles. The lowest BCUT2D eigenvalue weighted by Gasteiger charge is -2.10. The summed E-state index contributed by atoms with van der Waals surface area (Å²) in [6.45, 7) is 1.67. The molecule has 2 aromatic rings. The Morgan fingerprint density at radius 3 is 2.71 bits per heavy atom. The molecule has 7 nitrogen and oxygen atoms in total. The summed E-state index contributed by atoms with van der Waals surface area (Å²) in [6.07, 6.45) is 0. The second kappa shape index (κ2) is 5.96. The standard InChI is InChI=1S/C13H14N2O5S/c1-9-7-10(14-20-9)8-21(17,18)15-12-6-4-3-5-11(12)13(16)19-2/h3-7,15H,8H2,1-2H3. The van der Waals surface area contributed by atoms with Gasteiger partial charge in [-0.1, -0.05) is 17.3 Å². The molecule has 0 bridgehead atoms. The summed E-state index contributed by atoms with van der Waals surface area (Å²) in [7, 11) is -2.49. The maximum Gasteiger partial charge on any atom is 0.339 e. The number of hydrogen-bond acceptors (Lipinski definition) is 6. The van der Waals surface area contributed by atoms with Crippen LogP contribution in [0.2, 0.25) is 0 Å². The molecule has 0 fully saturated rings. The van der Waals surface area contributed by atoms with Gasteiger partial charge in [0.2, 0.25) is 10.0 Å². The molecule has 0 amide bonds. The van der Waals surface area contributed by atoms with Gasteiger partial charge in [-0.25, -0.2) is 13.2 Å². The SMILES string of the molecule is COC(=O)c1ccccc1NS(=O)(=O)Cc1cc(C)on1. The van der Waals surface area contributed by atoms with E-state index in [9.17, 15) is 13.2 Å². The van der Waals surface area contributed by atoms with Crippen molar-refractivity contribution in [2.24, 2.45) is 0 Å². The number of carbonyl (C=O) groups is 1. The predicted octanol–water partition coefficient (Wildman–Crippen LogP) is 1.71. The quantitative estimate of drug-likeness (QED) is 0.844. The van der Waals surface area contributed by atoms with Crippen molar-refractivity contribution in [2.45, 2.75) is 12.7 Å². The van der Waals surface area contributed by atoms with Crippen LogP contribution in [0.25, 0.3) is 0 Å². The van der Waals surface area contributed by atoms with Crippen LogP contribution in [0.15, 0.2) is 34.9 Å². The lowest BCUT2D eigenvalue weighted by atomic mass is 10.2. The van der Waals surface area contributed by atoms with Crippen LogP contribution in [0.3, 0.4) is 0 Å². The molecule has 21 heavy (non-hydrogen) atoms. The fourth-order valence-corrected chi connectivity index (χ4v) is 2.85. The van der Waals surface area contributed by atoms with Gasteiger partial charge >= 0.3 is 5.97 Å². The summed E-state index contributed by atoms with van der Waals surface area (Å²) in [5, 5.41) is 3.63. The van der Waals surface area contributed by atoms with Crippen LogP contribution in [0, 0.1) is 6.92 Å². The second-order valence-electron chi connectivity index (χ2n) is 4.33. The van der Waals surface area contributed by atoms with E-state index < -0.39 is 16.0 Å². The molecule has 0 saturated carbocycles. The van der Waals surface area contributed by atoms with Gasteiger partial charge in [0, 0.05) is 6.07 Å². The second-order valence-corrected chi connectivity index (χ2v) is 6.05. The number of benzene rings is 1. The number of sulfonamides is 1. The average molecular weight is 310 g/mol. The van der Waals surface area contributed by atoms with Gasteiger partial charge in [-0.15, -0.1) is 0 Å². The first kappa shape index (κ1) is 15.0. The number of aromatic nitrogens is 1. The zero-order valence-electron chi connectivity index (χ0n) is 11.5. The van der Waals surface area contributed by atoms with Crippen LogP contribution in [-0.2, 0) is 20.5 Å². The normalized spacial score (nSPS) is 11.1. The maximum absolute atomic E-state index is 12.1. The monoisotopic (exact) mass is 310 g/mol.